The third kappa shape index (κ3) is 5.99. The molecule has 0 aliphatic rings. The average molecular weight is 386 g/mol. The largest absolute Gasteiger partial charge is 0.313 e. The minimum absolute atomic E-state index is 0.423. The van der Waals surface area contributed by atoms with Crippen LogP contribution in [0.5, 0.6) is 0 Å². The van der Waals surface area contributed by atoms with Gasteiger partial charge in [0.15, 0.2) is 0 Å². The fourth-order valence-electron chi connectivity index (χ4n) is 2.06. The van der Waals surface area contributed by atoms with Crippen molar-refractivity contribution in [2.45, 2.75) is 24.3 Å². The van der Waals surface area contributed by atoms with E-state index in [-0.39, 0.29) is 0 Å². The first-order valence-corrected chi connectivity index (χ1v) is 9.04. The van der Waals surface area contributed by atoms with Crippen molar-refractivity contribution in [2.24, 2.45) is 0 Å². The summed E-state index contributed by atoms with van der Waals surface area (Å²) >= 11 is 11.2. The van der Waals surface area contributed by atoms with Crippen molar-refractivity contribution in [2.75, 3.05) is 12.3 Å². The molecule has 0 spiro atoms. The molecule has 0 bridgehead atoms. The Kier molecular flexibility index (Phi) is 7.04. The lowest BCUT2D eigenvalue weighted by Gasteiger charge is -2.17. The molecular formula is C16H18BrClN2S. The lowest BCUT2D eigenvalue weighted by molar-refractivity contribution is 0.572. The molecule has 0 saturated carbocycles. The Balaban J connectivity index is 1.93. The van der Waals surface area contributed by atoms with Gasteiger partial charge in [0, 0.05) is 38.6 Å². The van der Waals surface area contributed by atoms with Crippen LogP contribution in [0.4, 0.5) is 0 Å². The van der Waals surface area contributed by atoms with E-state index in [2.05, 4.69) is 51.4 Å². The maximum absolute atomic E-state index is 5.91. The number of rotatable bonds is 7. The minimum atomic E-state index is 0.423. The van der Waals surface area contributed by atoms with Crippen LogP contribution < -0.4 is 5.32 Å². The summed E-state index contributed by atoms with van der Waals surface area (Å²) in [4.78, 5) is 5.47. The molecule has 2 rings (SSSR count). The Morgan fingerprint density at radius 1 is 1.29 bits per heavy atom. The van der Waals surface area contributed by atoms with E-state index in [0.717, 1.165) is 28.2 Å². The first kappa shape index (κ1) is 16.8. The van der Waals surface area contributed by atoms with Gasteiger partial charge in [-0.05, 0) is 64.8 Å². The molecule has 1 atom stereocenters. The SMILES string of the molecule is CCNC(CSc1ccc(Cl)cc1)Cc1cncc(Br)c1. The van der Waals surface area contributed by atoms with Crippen molar-refractivity contribution in [1.29, 1.82) is 0 Å². The molecule has 0 aliphatic carbocycles. The summed E-state index contributed by atoms with van der Waals surface area (Å²) in [6.07, 6.45) is 4.72. The van der Waals surface area contributed by atoms with Crippen LogP contribution in [0.15, 0.2) is 52.1 Å². The second-order valence-electron chi connectivity index (χ2n) is 4.74. The second-order valence-corrected chi connectivity index (χ2v) is 7.18. The van der Waals surface area contributed by atoms with E-state index >= 15 is 0 Å². The van der Waals surface area contributed by atoms with Gasteiger partial charge >= 0.3 is 0 Å². The number of likely N-dealkylation sites (N-methyl/N-ethyl adjacent to an activating group) is 1. The topological polar surface area (TPSA) is 24.9 Å². The van der Waals surface area contributed by atoms with E-state index < -0.39 is 0 Å². The number of pyridine rings is 1. The molecule has 0 amide bonds. The van der Waals surface area contributed by atoms with E-state index in [9.17, 15) is 0 Å². The number of hydrogen-bond acceptors (Lipinski definition) is 3. The number of thioether (sulfide) groups is 1. The highest BCUT2D eigenvalue weighted by molar-refractivity contribution is 9.10. The first-order valence-electron chi connectivity index (χ1n) is 6.88. The van der Waals surface area contributed by atoms with E-state index in [0.29, 0.717) is 6.04 Å². The standard InChI is InChI=1S/C16H18BrClN2S/c1-2-20-15(8-12-7-13(17)10-19-9-12)11-21-16-5-3-14(18)4-6-16/h3-7,9-10,15,20H,2,8,11H2,1H3. The Hall–Kier alpha value is -0.550. The van der Waals surface area contributed by atoms with Gasteiger partial charge in [0.25, 0.3) is 0 Å². The number of benzene rings is 1. The number of nitrogens with one attached hydrogen (secondary N) is 1. The molecule has 1 aromatic heterocycles. The summed E-state index contributed by atoms with van der Waals surface area (Å²) in [7, 11) is 0. The van der Waals surface area contributed by atoms with Crippen LogP contribution in [0.25, 0.3) is 0 Å². The zero-order chi connectivity index (χ0) is 15.1. The number of hydrogen-bond donors (Lipinski definition) is 1. The van der Waals surface area contributed by atoms with Crippen LogP contribution in [0.2, 0.25) is 5.02 Å². The highest BCUT2D eigenvalue weighted by Gasteiger charge is 2.10. The van der Waals surface area contributed by atoms with Crippen LogP contribution in [0.3, 0.4) is 0 Å². The van der Waals surface area contributed by atoms with Gasteiger partial charge < -0.3 is 5.32 Å². The smallest absolute Gasteiger partial charge is 0.0410 e. The van der Waals surface area contributed by atoms with Crippen LogP contribution in [0, 0.1) is 0 Å². The summed E-state index contributed by atoms with van der Waals surface area (Å²) < 4.78 is 1.03. The van der Waals surface area contributed by atoms with Crippen molar-refractivity contribution < 1.29 is 0 Å². The predicted octanol–water partition coefficient (Wildman–Crippen LogP) is 4.81. The number of aromatic nitrogens is 1. The summed E-state index contributed by atoms with van der Waals surface area (Å²) in [6.45, 7) is 3.10. The second kappa shape index (κ2) is 8.79. The van der Waals surface area contributed by atoms with E-state index in [1.165, 1.54) is 10.5 Å². The molecule has 1 unspecified atom stereocenters. The average Bonchev–Trinajstić information content (AvgIpc) is 2.47. The zero-order valence-electron chi connectivity index (χ0n) is 11.9. The summed E-state index contributed by atoms with van der Waals surface area (Å²) in [5.41, 5.74) is 1.24. The molecule has 2 aromatic rings. The molecule has 1 heterocycles. The quantitative estimate of drug-likeness (QED) is 0.692. The lowest BCUT2D eigenvalue weighted by Crippen LogP contribution is -2.33. The number of nitrogens with zero attached hydrogens (tertiary/aromatic N) is 1. The van der Waals surface area contributed by atoms with Crippen LogP contribution in [0.1, 0.15) is 12.5 Å². The fourth-order valence-corrected chi connectivity index (χ4v) is 3.55. The van der Waals surface area contributed by atoms with Gasteiger partial charge in [0.2, 0.25) is 0 Å². The van der Waals surface area contributed by atoms with Crippen molar-refractivity contribution in [3.05, 3.63) is 57.8 Å². The lowest BCUT2D eigenvalue weighted by atomic mass is 10.1. The van der Waals surface area contributed by atoms with Gasteiger partial charge in [-0.15, -0.1) is 11.8 Å². The van der Waals surface area contributed by atoms with Crippen molar-refractivity contribution >= 4 is 39.3 Å². The van der Waals surface area contributed by atoms with Crippen molar-refractivity contribution in [3.8, 4) is 0 Å². The van der Waals surface area contributed by atoms with Gasteiger partial charge in [-0.2, -0.15) is 0 Å². The van der Waals surface area contributed by atoms with Crippen LogP contribution >= 0.6 is 39.3 Å². The Morgan fingerprint density at radius 2 is 2.05 bits per heavy atom. The molecule has 112 valence electrons. The van der Waals surface area contributed by atoms with Crippen molar-refractivity contribution in [3.63, 3.8) is 0 Å². The van der Waals surface area contributed by atoms with Gasteiger partial charge in [0.1, 0.15) is 0 Å². The van der Waals surface area contributed by atoms with Crippen LogP contribution in [-0.2, 0) is 6.42 Å². The first-order chi connectivity index (χ1) is 10.2. The third-order valence-corrected chi connectivity index (χ3v) is 4.86. The number of halogens is 2. The van der Waals surface area contributed by atoms with E-state index in [1.807, 2.05) is 36.3 Å². The highest BCUT2D eigenvalue weighted by atomic mass is 79.9. The van der Waals surface area contributed by atoms with Gasteiger partial charge in [-0.25, -0.2) is 0 Å². The molecule has 0 radical (unpaired) electrons. The highest BCUT2D eigenvalue weighted by Crippen LogP contribution is 2.22. The van der Waals surface area contributed by atoms with Gasteiger partial charge in [0.05, 0.1) is 0 Å². The fraction of sp³-hybridized carbons (Fsp3) is 0.312. The monoisotopic (exact) mass is 384 g/mol. The minimum Gasteiger partial charge on any atom is -0.313 e. The maximum atomic E-state index is 5.91. The zero-order valence-corrected chi connectivity index (χ0v) is 15.0. The van der Waals surface area contributed by atoms with Crippen molar-refractivity contribution in [1.82, 2.24) is 10.3 Å². The Morgan fingerprint density at radius 3 is 2.71 bits per heavy atom. The maximum Gasteiger partial charge on any atom is 0.0410 e. The third-order valence-electron chi connectivity index (χ3n) is 3.00. The molecule has 0 saturated heterocycles. The molecule has 0 aliphatic heterocycles. The molecule has 1 aromatic carbocycles. The Labute approximate surface area is 143 Å². The summed E-state index contributed by atoms with van der Waals surface area (Å²) in [5, 5.41) is 4.32. The molecule has 2 nitrogen and oxygen atoms in total. The van der Waals surface area contributed by atoms with E-state index in [1.54, 1.807) is 0 Å². The predicted molar refractivity (Wildman–Crippen MR) is 95.3 cm³/mol. The van der Waals surface area contributed by atoms with Gasteiger partial charge in [-0.3, -0.25) is 4.98 Å². The summed E-state index contributed by atoms with van der Waals surface area (Å²) in [6, 6.07) is 10.6. The summed E-state index contributed by atoms with van der Waals surface area (Å²) in [5.74, 6) is 1.02. The Bertz CT molecular complexity index is 562. The van der Waals surface area contributed by atoms with E-state index in [4.69, 9.17) is 11.6 Å². The van der Waals surface area contributed by atoms with Crippen LogP contribution in [-0.4, -0.2) is 23.3 Å². The normalized spacial score (nSPS) is 12.3. The molecular weight excluding hydrogens is 368 g/mol. The molecule has 5 heteroatoms. The molecule has 1 N–H and O–H groups in total. The molecule has 21 heavy (non-hydrogen) atoms. The van der Waals surface area contributed by atoms with Gasteiger partial charge in [-0.1, -0.05) is 18.5 Å². The molecule has 0 fully saturated rings.